The molecule has 0 radical (unpaired) electrons. The molecule has 0 aliphatic rings. The van der Waals surface area contributed by atoms with Gasteiger partial charge in [-0.2, -0.15) is 0 Å². The highest BCUT2D eigenvalue weighted by Gasteiger charge is 2.38. The lowest BCUT2D eigenvalue weighted by atomic mass is 9.62. The van der Waals surface area contributed by atoms with Gasteiger partial charge < -0.3 is 5.32 Å². The molecule has 0 rings (SSSR count). The molecule has 2 unspecified atom stereocenters. The Morgan fingerprint density at radius 3 is 1.96 bits per heavy atom. The first kappa shape index (κ1) is 23.5. The zero-order valence-electron chi connectivity index (χ0n) is 18.3. The number of carbonyl (C=O) groups excluding carboxylic acids is 1. The highest BCUT2D eigenvalue weighted by atomic mass is 16.1. The van der Waals surface area contributed by atoms with Crippen molar-refractivity contribution in [1.29, 1.82) is 0 Å². The highest BCUT2D eigenvalue weighted by molar-refractivity contribution is 5.73. The van der Waals surface area contributed by atoms with Crippen LogP contribution in [0.5, 0.6) is 0 Å². The van der Waals surface area contributed by atoms with Gasteiger partial charge in [-0.05, 0) is 41.4 Å². The number of carbonyl (C=O) groups is 1. The Labute approximate surface area is 152 Å². The van der Waals surface area contributed by atoms with Crippen LogP contribution in [0, 0.1) is 22.2 Å². The Hall–Kier alpha value is -0.530. The summed E-state index contributed by atoms with van der Waals surface area (Å²) >= 11 is 0. The molecule has 1 N–H and O–H groups in total. The molecule has 0 fully saturated rings. The van der Waals surface area contributed by atoms with Crippen LogP contribution in [0.15, 0.2) is 0 Å². The van der Waals surface area contributed by atoms with Crippen molar-refractivity contribution in [3.8, 4) is 0 Å². The maximum Gasteiger partial charge on any atom is 0.217 e. The second-order valence-corrected chi connectivity index (χ2v) is 9.95. The highest BCUT2D eigenvalue weighted by Crippen LogP contribution is 2.45. The third-order valence-corrected chi connectivity index (χ3v) is 7.03. The van der Waals surface area contributed by atoms with Crippen molar-refractivity contribution in [2.24, 2.45) is 22.2 Å². The van der Waals surface area contributed by atoms with Crippen molar-refractivity contribution in [3.63, 3.8) is 0 Å². The summed E-state index contributed by atoms with van der Waals surface area (Å²) in [4.78, 5) is 11.8. The van der Waals surface area contributed by atoms with Gasteiger partial charge >= 0.3 is 0 Å². The van der Waals surface area contributed by atoms with E-state index in [4.69, 9.17) is 0 Å². The van der Waals surface area contributed by atoms with Gasteiger partial charge in [0.2, 0.25) is 5.91 Å². The maximum absolute atomic E-state index is 11.8. The molecule has 0 aromatic carbocycles. The Bertz CT molecular complexity index is 381. The molecule has 2 atom stereocenters. The number of unbranched alkanes of at least 4 members (excludes halogenated alkanes) is 1. The molecule has 0 saturated heterocycles. The van der Waals surface area contributed by atoms with E-state index in [1.807, 2.05) is 0 Å². The Morgan fingerprint density at radius 2 is 1.54 bits per heavy atom. The lowest BCUT2D eigenvalue weighted by Crippen LogP contribution is -2.43. The number of hydrogen-bond acceptors (Lipinski definition) is 1. The minimum absolute atomic E-state index is 0.101. The van der Waals surface area contributed by atoms with Crippen LogP contribution in [0.4, 0.5) is 0 Å². The Balaban J connectivity index is 5.12. The van der Waals surface area contributed by atoms with Crippen LogP contribution < -0.4 is 5.32 Å². The predicted molar refractivity (Wildman–Crippen MR) is 107 cm³/mol. The van der Waals surface area contributed by atoms with E-state index in [0.717, 1.165) is 19.3 Å². The van der Waals surface area contributed by atoms with Crippen LogP contribution in [-0.4, -0.2) is 11.9 Å². The normalized spacial score (nSPS) is 15.9. The van der Waals surface area contributed by atoms with Crippen molar-refractivity contribution < 1.29 is 4.79 Å². The monoisotopic (exact) mass is 339 g/mol. The quantitative estimate of drug-likeness (QED) is 0.452. The minimum Gasteiger partial charge on any atom is -0.354 e. The average molecular weight is 340 g/mol. The lowest BCUT2D eigenvalue weighted by molar-refractivity contribution is -0.120. The van der Waals surface area contributed by atoms with Crippen LogP contribution in [0.3, 0.4) is 0 Å². The predicted octanol–water partition coefficient (Wildman–Crippen LogP) is 6.59. The summed E-state index contributed by atoms with van der Waals surface area (Å²) in [6, 6.07) is 0.263. The smallest absolute Gasteiger partial charge is 0.217 e. The standard InChI is InChI=1S/C22H45NO/c1-11-13-14-20(5,6)17(3)15-19(23-18(4)24)16-22(9,10)21(7,8)12-2/h17,19H,11-16H2,1-10H3,(H,23,24). The van der Waals surface area contributed by atoms with Crippen molar-refractivity contribution in [2.45, 2.75) is 114 Å². The van der Waals surface area contributed by atoms with E-state index in [9.17, 15) is 4.79 Å². The fourth-order valence-corrected chi connectivity index (χ4v) is 3.48. The van der Waals surface area contributed by atoms with Crippen molar-refractivity contribution in [3.05, 3.63) is 0 Å². The first-order valence-corrected chi connectivity index (χ1v) is 10.1. The van der Waals surface area contributed by atoms with Gasteiger partial charge in [-0.3, -0.25) is 4.79 Å². The molecule has 2 heteroatoms. The molecular formula is C22H45NO. The summed E-state index contributed by atoms with van der Waals surface area (Å²) in [6.07, 6.45) is 7.08. The molecule has 24 heavy (non-hydrogen) atoms. The summed E-state index contributed by atoms with van der Waals surface area (Å²) in [5, 5.41) is 3.25. The van der Waals surface area contributed by atoms with Gasteiger partial charge in [-0.15, -0.1) is 0 Å². The lowest BCUT2D eigenvalue weighted by Gasteiger charge is -2.44. The molecule has 0 heterocycles. The van der Waals surface area contributed by atoms with Crippen LogP contribution in [0.2, 0.25) is 0 Å². The van der Waals surface area contributed by atoms with Gasteiger partial charge in [-0.1, -0.05) is 81.6 Å². The summed E-state index contributed by atoms with van der Waals surface area (Å²) in [7, 11) is 0. The fourth-order valence-electron chi connectivity index (χ4n) is 3.48. The van der Waals surface area contributed by atoms with Crippen LogP contribution in [-0.2, 0) is 4.79 Å². The van der Waals surface area contributed by atoms with Crippen molar-refractivity contribution in [1.82, 2.24) is 5.32 Å². The first-order chi connectivity index (χ1) is 10.8. The Kier molecular flexibility index (Phi) is 9.04. The SMILES string of the molecule is CCCCC(C)(C)C(C)CC(CC(C)(C)C(C)(C)CC)NC(C)=O. The zero-order chi connectivity index (χ0) is 19.2. The zero-order valence-corrected chi connectivity index (χ0v) is 18.3. The Morgan fingerprint density at radius 1 is 1.00 bits per heavy atom. The van der Waals surface area contributed by atoms with Crippen molar-refractivity contribution >= 4 is 5.91 Å². The first-order valence-electron chi connectivity index (χ1n) is 10.1. The van der Waals surface area contributed by atoms with E-state index in [2.05, 4.69) is 67.6 Å². The molecule has 0 bridgehead atoms. The molecule has 144 valence electrons. The minimum atomic E-state index is 0.101. The summed E-state index contributed by atoms with van der Waals surface area (Å²) in [6.45, 7) is 22.7. The van der Waals surface area contributed by atoms with Gasteiger partial charge in [0, 0.05) is 13.0 Å². The summed E-state index contributed by atoms with van der Waals surface area (Å²) in [5.74, 6) is 0.699. The largest absolute Gasteiger partial charge is 0.354 e. The summed E-state index contributed by atoms with van der Waals surface area (Å²) in [5.41, 5.74) is 0.796. The van der Waals surface area contributed by atoms with Gasteiger partial charge in [0.15, 0.2) is 0 Å². The van der Waals surface area contributed by atoms with Gasteiger partial charge in [0.25, 0.3) is 0 Å². The third-order valence-electron chi connectivity index (χ3n) is 7.03. The van der Waals surface area contributed by atoms with Gasteiger partial charge in [0.05, 0.1) is 0 Å². The third kappa shape index (κ3) is 7.15. The number of rotatable bonds is 11. The van der Waals surface area contributed by atoms with Gasteiger partial charge in [-0.25, -0.2) is 0 Å². The molecule has 1 amide bonds. The molecule has 0 aromatic rings. The van der Waals surface area contributed by atoms with E-state index >= 15 is 0 Å². The number of amides is 1. The second kappa shape index (κ2) is 9.25. The topological polar surface area (TPSA) is 29.1 Å². The van der Waals surface area contributed by atoms with E-state index < -0.39 is 0 Å². The fraction of sp³-hybridized carbons (Fsp3) is 0.955. The van der Waals surface area contributed by atoms with E-state index in [-0.39, 0.29) is 22.8 Å². The molecule has 0 aromatic heterocycles. The average Bonchev–Trinajstić information content (AvgIpc) is 2.43. The molecule has 0 saturated carbocycles. The molecular weight excluding hydrogens is 294 g/mol. The molecule has 2 nitrogen and oxygen atoms in total. The second-order valence-electron chi connectivity index (χ2n) is 9.95. The molecule has 0 aliphatic heterocycles. The maximum atomic E-state index is 11.8. The van der Waals surface area contributed by atoms with Crippen LogP contribution in [0.25, 0.3) is 0 Å². The van der Waals surface area contributed by atoms with E-state index in [1.54, 1.807) is 6.92 Å². The molecule has 0 spiro atoms. The number of nitrogens with one attached hydrogen (secondary N) is 1. The number of hydrogen-bond donors (Lipinski definition) is 1. The van der Waals surface area contributed by atoms with Gasteiger partial charge in [0.1, 0.15) is 0 Å². The van der Waals surface area contributed by atoms with E-state index in [0.29, 0.717) is 11.3 Å². The van der Waals surface area contributed by atoms with Crippen molar-refractivity contribution in [2.75, 3.05) is 0 Å². The van der Waals surface area contributed by atoms with Crippen LogP contribution in [0.1, 0.15) is 108 Å². The van der Waals surface area contributed by atoms with Crippen LogP contribution >= 0.6 is 0 Å². The van der Waals surface area contributed by atoms with E-state index in [1.165, 1.54) is 19.3 Å². The molecule has 0 aliphatic carbocycles. The summed E-state index contributed by atoms with van der Waals surface area (Å²) < 4.78 is 0.